The summed E-state index contributed by atoms with van der Waals surface area (Å²) in [6.07, 6.45) is 0. The van der Waals surface area contributed by atoms with E-state index in [-0.39, 0.29) is 11.8 Å². The second-order valence-corrected chi connectivity index (χ2v) is 6.81. The summed E-state index contributed by atoms with van der Waals surface area (Å²) in [5, 5.41) is 3.69. The number of carbonyl (C=O) groups excluding carboxylic acids is 1. The van der Waals surface area contributed by atoms with Crippen LogP contribution in [0.25, 0.3) is 22.4 Å². The van der Waals surface area contributed by atoms with Gasteiger partial charge in [0.2, 0.25) is 5.89 Å². The predicted molar refractivity (Wildman–Crippen MR) is 110 cm³/mol. The normalized spacial score (nSPS) is 10.8. The summed E-state index contributed by atoms with van der Waals surface area (Å²) >= 11 is 6.00. The average molecular weight is 391 g/mol. The van der Waals surface area contributed by atoms with E-state index >= 15 is 0 Å². The lowest BCUT2D eigenvalue weighted by Crippen LogP contribution is -2.12. The number of nitrogens with zero attached hydrogens (tertiary/aromatic N) is 1. The Labute approximate surface area is 165 Å². The molecule has 138 valence electrons. The largest absolute Gasteiger partial charge is 0.403 e. The van der Waals surface area contributed by atoms with Crippen molar-refractivity contribution in [3.8, 4) is 11.5 Å². The molecule has 0 fully saturated rings. The maximum absolute atomic E-state index is 12.5. The van der Waals surface area contributed by atoms with Crippen LogP contribution in [0.3, 0.4) is 0 Å². The first kappa shape index (κ1) is 17.9. The summed E-state index contributed by atoms with van der Waals surface area (Å²) < 4.78 is 5.35. The summed E-state index contributed by atoms with van der Waals surface area (Å²) in [7, 11) is 0. The molecule has 1 N–H and O–H groups in total. The van der Waals surface area contributed by atoms with Gasteiger partial charge in [-0.2, -0.15) is 0 Å². The standard InChI is InChI=1S/C22H15ClN2O3/c1-13-4-2-5-14(10-13)20(26)24-17-7-3-6-15(11-17)21-25-19-12-16(23)8-9-18(19)22(27)28-21/h2-12H,1H3,(H,24,26). The molecule has 1 aromatic heterocycles. The second-order valence-electron chi connectivity index (χ2n) is 6.37. The topological polar surface area (TPSA) is 72.2 Å². The van der Waals surface area contributed by atoms with E-state index in [0.29, 0.717) is 32.7 Å². The van der Waals surface area contributed by atoms with Crippen molar-refractivity contribution in [1.82, 2.24) is 4.98 Å². The molecular weight excluding hydrogens is 376 g/mol. The lowest BCUT2D eigenvalue weighted by molar-refractivity contribution is 0.102. The minimum absolute atomic E-state index is 0.159. The quantitative estimate of drug-likeness (QED) is 0.530. The van der Waals surface area contributed by atoms with Gasteiger partial charge in [-0.05, 0) is 55.5 Å². The maximum atomic E-state index is 12.5. The number of aryl methyl sites for hydroxylation is 1. The maximum Gasteiger partial charge on any atom is 0.347 e. The van der Waals surface area contributed by atoms with Crippen molar-refractivity contribution < 1.29 is 9.21 Å². The highest BCUT2D eigenvalue weighted by Gasteiger charge is 2.11. The van der Waals surface area contributed by atoms with Crippen LogP contribution in [0.5, 0.6) is 0 Å². The van der Waals surface area contributed by atoms with Gasteiger partial charge in [-0.1, -0.05) is 35.4 Å². The molecule has 5 nitrogen and oxygen atoms in total. The minimum Gasteiger partial charge on any atom is -0.403 e. The molecule has 0 radical (unpaired) electrons. The molecule has 0 aliphatic rings. The zero-order chi connectivity index (χ0) is 19.7. The number of aromatic nitrogens is 1. The number of nitrogens with one attached hydrogen (secondary N) is 1. The molecule has 0 saturated heterocycles. The van der Waals surface area contributed by atoms with Crippen LogP contribution in [0, 0.1) is 6.92 Å². The summed E-state index contributed by atoms with van der Waals surface area (Å²) in [6, 6.07) is 19.1. The summed E-state index contributed by atoms with van der Waals surface area (Å²) in [6.45, 7) is 1.93. The number of hydrogen-bond acceptors (Lipinski definition) is 4. The van der Waals surface area contributed by atoms with Gasteiger partial charge in [0.05, 0.1) is 10.9 Å². The molecule has 1 heterocycles. The monoisotopic (exact) mass is 390 g/mol. The molecular formula is C22H15ClN2O3. The third-order valence-corrected chi connectivity index (χ3v) is 4.47. The van der Waals surface area contributed by atoms with E-state index in [1.165, 1.54) is 0 Å². The van der Waals surface area contributed by atoms with Gasteiger partial charge < -0.3 is 9.73 Å². The Morgan fingerprint density at radius 3 is 2.68 bits per heavy atom. The van der Waals surface area contributed by atoms with E-state index < -0.39 is 5.63 Å². The van der Waals surface area contributed by atoms with E-state index in [9.17, 15) is 9.59 Å². The molecule has 4 aromatic rings. The van der Waals surface area contributed by atoms with Crippen molar-refractivity contribution in [3.05, 3.63) is 93.3 Å². The molecule has 3 aromatic carbocycles. The van der Waals surface area contributed by atoms with Crippen molar-refractivity contribution in [2.75, 3.05) is 5.32 Å². The van der Waals surface area contributed by atoms with Gasteiger partial charge in [0.15, 0.2) is 0 Å². The fourth-order valence-electron chi connectivity index (χ4n) is 2.89. The van der Waals surface area contributed by atoms with Gasteiger partial charge in [0.1, 0.15) is 0 Å². The number of hydrogen-bond donors (Lipinski definition) is 1. The van der Waals surface area contributed by atoms with Crippen molar-refractivity contribution in [3.63, 3.8) is 0 Å². The van der Waals surface area contributed by atoms with Crippen LogP contribution in [-0.4, -0.2) is 10.9 Å². The fraction of sp³-hybridized carbons (Fsp3) is 0.0455. The van der Waals surface area contributed by atoms with Crippen LogP contribution in [0.2, 0.25) is 5.02 Å². The average Bonchev–Trinajstić information content (AvgIpc) is 2.67. The minimum atomic E-state index is -0.495. The first-order valence-corrected chi connectivity index (χ1v) is 8.96. The highest BCUT2D eigenvalue weighted by Crippen LogP contribution is 2.23. The third-order valence-electron chi connectivity index (χ3n) is 4.24. The Morgan fingerprint density at radius 1 is 1.04 bits per heavy atom. The zero-order valence-corrected chi connectivity index (χ0v) is 15.7. The lowest BCUT2D eigenvalue weighted by Gasteiger charge is -2.08. The van der Waals surface area contributed by atoms with Crippen LogP contribution < -0.4 is 10.9 Å². The molecule has 6 heteroatoms. The van der Waals surface area contributed by atoms with Gasteiger partial charge in [-0.15, -0.1) is 0 Å². The van der Waals surface area contributed by atoms with Crippen molar-refractivity contribution in [2.24, 2.45) is 0 Å². The lowest BCUT2D eigenvalue weighted by atomic mass is 10.1. The van der Waals surface area contributed by atoms with Gasteiger partial charge in [0.25, 0.3) is 5.91 Å². The number of benzene rings is 3. The summed E-state index contributed by atoms with van der Waals surface area (Å²) in [5.41, 5.74) is 2.66. The first-order chi connectivity index (χ1) is 13.5. The van der Waals surface area contributed by atoms with E-state index in [1.807, 2.05) is 25.1 Å². The van der Waals surface area contributed by atoms with Gasteiger partial charge in [-0.25, -0.2) is 9.78 Å². The molecule has 0 spiro atoms. The second kappa shape index (κ2) is 7.29. The van der Waals surface area contributed by atoms with Crippen LogP contribution in [0.4, 0.5) is 5.69 Å². The molecule has 0 aliphatic heterocycles. The SMILES string of the molecule is Cc1cccc(C(=O)Nc2cccc(-c3nc4cc(Cl)ccc4c(=O)o3)c2)c1. The Bertz CT molecular complexity index is 1260. The fourth-order valence-corrected chi connectivity index (χ4v) is 3.05. The highest BCUT2D eigenvalue weighted by molar-refractivity contribution is 6.31. The van der Waals surface area contributed by atoms with E-state index in [1.54, 1.807) is 48.5 Å². The van der Waals surface area contributed by atoms with Gasteiger partial charge in [-0.3, -0.25) is 4.79 Å². The summed E-state index contributed by atoms with van der Waals surface area (Å²) in [4.78, 5) is 29.1. The van der Waals surface area contributed by atoms with Crippen molar-refractivity contribution in [2.45, 2.75) is 6.92 Å². The van der Waals surface area contributed by atoms with Crippen LogP contribution >= 0.6 is 11.6 Å². The molecule has 28 heavy (non-hydrogen) atoms. The first-order valence-electron chi connectivity index (χ1n) is 8.58. The molecule has 0 bridgehead atoms. The van der Waals surface area contributed by atoms with E-state index in [0.717, 1.165) is 5.56 Å². The molecule has 0 saturated carbocycles. The number of carbonyl (C=O) groups is 1. The molecule has 0 aliphatic carbocycles. The predicted octanol–water partition coefficient (Wildman–Crippen LogP) is 5.07. The van der Waals surface area contributed by atoms with Crippen molar-refractivity contribution >= 4 is 34.1 Å². The Hall–Kier alpha value is -3.44. The zero-order valence-electron chi connectivity index (χ0n) is 14.9. The van der Waals surface area contributed by atoms with Crippen LogP contribution in [0.1, 0.15) is 15.9 Å². The van der Waals surface area contributed by atoms with Crippen LogP contribution in [-0.2, 0) is 0 Å². The third kappa shape index (κ3) is 3.66. The van der Waals surface area contributed by atoms with Crippen molar-refractivity contribution in [1.29, 1.82) is 0 Å². The van der Waals surface area contributed by atoms with Crippen LogP contribution in [0.15, 0.2) is 75.9 Å². The number of halogens is 1. The van der Waals surface area contributed by atoms with Gasteiger partial charge in [0, 0.05) is 21.8 Å². The number of rotatable bonds is 3. The Balaban J connectivity index is 1.68. The number of fused-ring (bicyclic) bond motifs is 1. The Morgan fingerprint density at radius 2 is 1.86 bits per heavy atom. The molecule has 0 atom stereocenters. The van der Waals surface area contributed by atoms with E-state index in [2.05, 4.69) is 10.3 Å². The molecule has 4 rings (SSSR count). The number of amides is 1. The number of anilines is 1. The summed E-state index contributed by atoms with van der Waals surface area (Å²) in [5.74, 6) is -0.0630. The molecule has 1 amide bonds. The van der Waals surface area contributed by atoms with E-state index in [4.69, 9.17) is 16.0 Å². The Kier molecular flexibility index (Phi) is 4.67. The highest BCUT2D eigenvalue weighted by atomic mass is 35.5. The smallest absolute Gasteiger partial charge is 0.347 e. The van der Waals surface area contributed by atoms with Gasteiger partial charge >= 0.3 is 5.63 Å². The molecule has 0 unspecified atom stereocenters.